The molecule has 0 saturated carbocycles. The van der Waals surface area contributed by atoms with Gasteiger partial charge in [0.15, 0.2) is 0 Å². The number of hydrogen-bond acceptors (Lipinski definition) is 3. The van der Waals surface area contributed by atoms with Crippen molar-refractivity contribution in [3.63, 3.8) is 0 Å². The molecule has 0 aromatic carbocycles. The molecule has 0 atom stereocenters. The van der Waals surface area contributed by atoms with Crippen molar-refractivity contribution in [1.29, 1.82) is 0 Å². The monoisotopic (exact) mass is 146 g/mol. The highest BCUT2D eigenvalue weighted by Crippen LogP contribution is 2.22. The molecule has 1 aliphatic rings. The Kier molecular flexibility index (Phi) is 1.92. The standard InChI is InChI=1S/C6H10O4/c1-2-6(5(7)8)9-3-4-10-6/h2-4H2,1H3,(H,7,8). The van der Waals surface area contributed by atoms with Gasteiger partial charge in [-0.25, -0.2) is 4.79 Å². The van der Waals surface area contributed by atoms with Gasteiger partial charge in [-0.15, -0.1) is 0 Å². The fraction of sp³-hybridized carbons (Fsp3) is 0.833. The zero-order valence-electron chi connectivity index (χ0n) is 5.79. The third-order valence-electron chi connectivity index (χ3n) is 1.55. The number of hydrogen-bond donors (Lipinski definition) is 1. The summed E-state index contributed by atoms with van der Waals surface area (Å²) in [6.07, 6.45) is 0.350. The Hall–Kier alpha value is -0.610. The van der Waals surface area contributed by atoms with Crippen LogP contribution in [0.15, 0.2) is 0 Å². The molecular weight excluding hydrogens is 136 g/mol. The molecule has 0 amide bonds. The molecule has 58 valence electrons. The molecule has 4 heteroatoms. The Bertz CT molecular complexity index is 137. The van der Waals surface area contributed by atoms with E-state index in [1.807, 2.05) is 0 Å². The molecule has 4 nitrogen and oxygen atoms in total. The van der Waals surface area contributed by atoms with Crippen LogP contribution >= 0.6 is 0 Å². The van der Waals surface area contributed by atoms with Crippen LogP contribution in [0.25, 0.3) is 0 Å². The van der Waals surface area contributed by atoms with Crippen molar-refractivity contribution in [3.05, 3.63) is 0 Å². The highest BCUT2D eigenvalue weighted by Gasteiger charge is 2.42. The lowest BCUT2D eigenvalue weighted by Crippen LogP contribution is -2.38. The van der Waals surface area contributed by atoms with Gasteiger partial charge in [0.1, 0.15) is 0 Å². The number of aliphatic carboxylic acids is 1. The van der Waals surface area contributed by atoms with Crippen molar-refractivity contribution in [1.82, 2.24) is 0 Å². The minimum Gasteiger partial charge on any atom is -0.477 e. The first-order valence-corrected chi connectivity index (χ1v) is 3.22. The maximum atomic E-state index is 10.5. The Labute approximate surface area is 58.7 Å². The Morgan fingerprint density at radius 2 is 2.10 bits per heavy atom. The summed E-state index contributed by atoms with van der Waals surface area (Å²) in [5.41, 5.74) is 0. The minimum atomic E-state index is -1.35. The maximum Gasteiger partial charge on any atom is 0.364 e. The van der Waals surface area contributed by atoms with Crippen molar-refractivity contribution in [2.24, 2.45) is 0 Å². The molecule has 0 bridgehead atoms. The van der Waals surface area contributed by atoms with E-state index in [9.17, 15) is 4.79 Å². The molecule has 1 aliphatic heterocycles. The largest absolute Gasteiger partial charge is 0.477 e. The maximum absolute atomic E-state index is 10.5. The quantitative estimate of drug-likeness (QED) is 0.605. The van der Waals surface area contributed by atoms with E-state index < -0.39 is 11.8 Å². The molecule has 0 spiro atoms. The molecule has 0 aromatic heterocycles. The Balaban J connectivity index is 2.67. The fourth-order valence-electron chi connectivity index (χ4n) is 0.934. The van der Waals surface area contributed by atoms with Gasteiger partial charge in [-0.1, -0.05) is 6.92 Å². The minimum absolute atomic E-state index is 0.350. The second-order valence-corrected chi connectivity index (χ2v) is 2.11. The van der Waals surface area contributed by atoms with Gasteiger partial charge in [-0.05, 0) is 0 Å². The molecule has 10 heavy (non-hydrogen) atoms. The van der Waals surface area contributed by atoms with Crippen molar-refractivity contribution >= 4 is 5.97 Å². The molecule has 1 rings (SSSR count). The highest BCUT2D eigenvalue weighted by molar-refractivity contribution is 5.75. The van der Waals surface area contributed by atoms with Crippen LogP contribution in [0, 0.1) is 0 Å². The van der Waals surface area contributed by atoms with E-state index >= 15 is 0 Å². The zero-order valence-corrected chi connectivity index (χ0v) is 5.79. The van der Waals surface area contributed by atoms with Crippen molar-refractivity contribution in [2.45, 2.75) is 19.1 Å². The highest BCUT2D eigenvalue weighted by atomic mass is 16.8. The summed E-state index contributed by atoms with van der Waals surface area (Å²) < 4.78 is 9.86. The zero-order chi connectivity index (χ0) is 7.61. The van der Waals surface area contributed by atoms with Gasteiger partial charge in [0.05, 0.1) is 13.2 Å². The average molecular weight is 146 g/mol. The summed E-state index contributed by atoms with van der Waals surface area (Å²) in [4.78, 5) is 10.5. The summed E-state index contributed by atoms with van der Waals surface area (Å²) in [6.45, 7) is 2.47. The first-order chi connectivity index (χ1) is 4.71. The van der Waals surface area contributed by atoms with Crippen LogP contribution in [0.2, 0.25) is 0 Å². The van der Waals surface area contributed by atoms with Crippen LogP contribution < -0.4 is 0 Å². The van der Waals surface area contributed by atoms with E-state index in [1.165, 1.54) is 0 Å². The van der Waals surface area contributed by atoms with Crippen molar-refractivity contribution in [2.75, 3.05) is 13.2 Å². The van der Waals surface area contributed by atoms with Gasteiger partial charge in [0.2, 0.25) is 0 Å². The second-order valence-electron chi connectivity index (χ2n) is 2.11. The normalized spacial score (nSPS) is 22.9. The van der Waals surface area contributed by atoms with Crippen LogP contribution in [-0.2, 0) is 14.3 Å². The van der Waals surface area contributed by atoms with Gasteiger partial charge in [0.25, 0.3) is 5.79 Å². The summed E-state index contributed by atoms with van der Waals surface area (Å²) in [6, 6.07) is 0. The molecule has 0 radical (unpaired) electrons. The van der Waals surface area contributed by atoms with Gasteiger partial charge >= 0.3 is 5.97 Å². The summed E-state index contributed by atoms with van der Waals surface area (Å²) >= 11 is 0. The van der Waals surface area contributed by atoms with E-state index in [0.29, 0.717) is 19.6 Å². The third-order valence-corrected chi connectivity index (χ3v) is 1.55. The van der Waals surface area contributed by atoms with E-state index in [2.05, 4.69) is 0 Å². The van der Waals surface area contributed by atoms with Crippen molar-refractivity contribution < 1.29 is 19.4 Å². The number of ether oxygens (including phenoxy) is 2. The lowest BCUT2D eigenvalue weighted by Gasteiger charge is -2.19. The molecule has 0 aliphatic carbocycles. The lowest BCUT2D eigenvalue weighted by atomic mass is 10.2. The van der Waals surface area contributed by atoms with Gasteiger partial charge in [0, 0.05) is 6.42 Å². The number of carboxylic acids is 1. The SMILES string of the molecule is CCC1(C(=O)O)OCCO1. The number of carbonyl (C=O) groups is 1. The summed E-state index contributed by atoms with van der Waals surface area (Å²) in [7, 11) is 0. The Morgan fingerprint density at radius 1 is 1.60 bits per heavy atom. The number of rotatable bonds is 2. The molecule has 1 fully saturated rings. The lowest BCUT2D eigenvalue weighted by molar-refractivity contribution is -0.201. The fourth-order valence-corrected chi connectivity index (χ4v) is 0.934. The van der Waals surface area contributed by atoms with E-state index in [-0.39, 0.29) is 0 Å². The van der Waals surface area contributed by atoms with Gasteiger partial charge in [-0.2, -0.15) is 0 Å². The van der Waals surface area contributed by atoms with Crippen LogP contribution in [0.3, 0.4) is 0 Å². The third kappa shape index (κ3) is 0.998. The average Bonchev–Trinajstić information content (AvgIpc) is 2.35. The first kappa shape index (κ1) is 7.50. The molecule has 0 unspecified atom stereocenters. The van der Waals surface area contributed by atoms with Crippen LogP contribution in [0.4, 0.5) is 0 Å². The predicted octanol–water partition coefficient (Wildman–Crippen LogP) is 0.224. The molecular formula is C6H10O4. The Morgan fingerprint density at radius 3 is 2.30 bits per heavy atom. The molecule has 1 saturated heterocycles. The smallest absolute Gasteiger partial charge is 0.364 e. The topological polar surface area (TPSA) is 55.8 Å². The van der Waals surface area contributed by atoms with E-state index in [4.69, 9.17) is 14.6 Å². The van der Waals surface area contributed by atoms with Gasteiger partial charge in [-0.3, -0.25) is 0 Å². The predicted molar refractivity (Wildman–Crippen MR) is 32.6 cm³/mol. The van der Waals surface area contributed by atoms with E-state index in [1.54, 1.807) is 6.92 Å². The second kappa shape index (κ2) is 2.56. The molecule has 0 aromatic rings. The van der Waals surface area contributed by atoms with Crippen LogP contribution in [-0.4, -0.2) is 30.1 Å². The van der Waals surface area contributed by atoms with Gasteiger partial charge < -0.3 is 14.6 Å². The summed E-state index contributed by atoms with van der Waals surface area (Å²) in [5.74, 6) is -2.38. The molecule has 1 heterocycles. The van der Waals surface area contributed by atoms with Crippen LogP contribution in [0.1, 0.15) is 13.3 Å². The first-order valence-electron chi connectivity index (χ1n) is 3.22. The van der Waals surface area contributed by atoms with E-state index in [0.717, 1.165) is 0 Å². The summed E-state index contributed by atoms with van der Waals surface area (Å²) in [5, 5.41) is 8.61. The molecule has 1 N–H and O–H groups in total. The number of carboxylic acid groups (broad SMARTS) is 1. The van der Waals surface area contributed by atoms with Crippen molar-refractivity contribution in [3.8, 4) is 0 Å². The van der Waals surface area contributed by atoms with Crippen LogP contribution in [0.5, 0.6) is 0 Å².